The van der Waals surface area contributed by atoms with Gasteiger partial charge in [-0.05, 0) is 12.1 Å². The molecular formula is C13H13F2NO5. The number of aliphatic carboxylic acids is 1. The van der Waals surface area contributed by atoms with Crippen molar-refractivity contribution in [2.45, 2.75) is 25.2 Å². The van der Waals surface area contributed by atoms with Crippen LogP contribution in [0.3, 0.4) is 0 Å². The molecule has 0 bridgehead atoms. The lowest BCUT2D eigenvalue weighted by molar-refractivity contribution is -0.141. The SMILES string of the molecule is O=C(O)C1CC(O)CN1C(=O)c1ccccc1OC(F)F. The molecule has 1 aromatic rings. The molecule has 1 saturated heterocycles. The number of amides is 1. The molecular weight excluding hydrogens is 288 g/mol. The number of para-hydroxylation sites is 1. The topological polar surface area (TPSA) is 87.1 Å². The Morgan fingerprint density at radius 2 is 2.00 bits per heavy atom. The van der Waals surface area contributed by atoms with Gasteiger partial charge in [0.2, 0.25) is 0 Å². The number of hydrogen-bond acceptors (Lipinski definition) is 4. The molecule has 6 nitrogen and oxygen atoms in total. The van der Waals surface area contributed by atoms with Crippen LogP contribution in [0, 0.1) is 0 Å². The first-order valence-corrected chi connectivity index (χ1v) is 6.16. The van der Waals surface area contributed by atoms with Crippen LogP contribution in [-0.4, -0.2) is 52.3 Å². The van der Waals surface area contributed by atoms with Gasteiger partial charge in [-0.2, -0.15) is 8.78 Å². The Morgan fingerprint density at radius 3 is 2.62 bits per heavy atom. The van der Waals surface area contributed by atoms with Crippen molar-refractivity contribution in [3.63, 3.8) is 0 Å². The van der Waals surface area contributed by atoms with E-state index in [4.69, 9.17) is 5.11 Å². The summed E-state index contributed by atoms with van der Waals surface area (Å²) in [6.07, 6.45) is -1.06. The van der Waals surface area contributed by atoms with Crippen LogP contribution in [0.2, 0.25) is 0 Å². The van der Waals surface area contributed by atoms with E-state index >= 15 is 0 Å². The molecule has 1 fully saturated rings. The summed E-state index contributed by atoms with van der Waals surface area (Å²) in [5.41, 5.74) is -0.168. The average molecular weight is 301 g/mol. The van der Waals surface area contributed by atoms with Crippen molar-refractivity contribution in [2.24, 2.45) is 0 Å². The third-order valence-corrected chi connectivity index (χ3v) is 3.16. The normalized spacial score (nSPS) is 21.6. The number of carboxylic acid groups (broad SMARTS) is 1. The first kappa shape index (κ1) is 15.2. The Kier molecular flexibility index (Phi) is 4.37. The minimum absolute atomic E-state index is 0.0983. The van der Waals surface area contributed by atoms with E-state index in [1.54, 1.807) is 0 Å². The Bertz CT molecular complexity index is 551. The minimum atomic E-state index is -3.10. The predicted molar refractivity (Wildman–Crippen MR) is 66.2 cm³/mol. The summed E-state index contributed by atoms with van der Waals surface area (Å²) in [4.78, 5) is 24.4. The fraction of sp³-hybridized carbons (Fsp3) is 0.385. The van der Waals surface area contributed by atoms with E-state index in [1.165, 1.54) is 24.3 Å². The van der Waals surface area contributed by atoms with Gasteiger partial charge in [0, 0.05) is 13.0 Å². The maximum Gasteiger partial charge on any atom is 0.387 e. The number of benzene rings is 1. The quantitative estimate of drug-likeness (QED) is 0.864. The molecule has 0 aromatic heterocycles. The van der Waals surface area contributed by atoms with Crippen LogP contribution in [0.1, 0.15) is 16.8 Å². The molecule has 2 rings (SSSR count). The van der Waals surface area contributed by atoms with Gasteiger partial charge in [-0.1, -0.05) is 12.1 Å². The highest BCUT2D eigenvalue weighted by atomic mass is 19.3. The third-order valence-electron chi connectivity index (χ3n) is 3.16. The number of ether oxygens (including phenoxy) is 1. The average Bonchev–Trinajstić information content (AvgIpc) is 2.80. The maximum absolute atomic E-state index is 12.3. The van der Waals surface area contributed by atoms with Gasteiger partial charge in [0.25, 0.3) is 5.91 Å². The number of alkyl halides is 2. The van der Waals surface area contributed by atoms with Crippen molar-refractivity contribution in [1.82, 2.24) is 4.90 Å². The van der Waals surface area contributed by atoms with Crippen LogP contribution in [0.25, 0.3) is 0 Å². The standard InChI is InChI=1S/C13H13F2NO5/c14-13(15)21-10-4-2-1-3-8(10)11(18)16-6-7(17)5-9(16)12(19)20/h1-4,7,9,13,17H,5-6H2,(H,19,20). The Morgan fingerprint density at radius 1 is 1.33 bits per heavy atom. The molecule has 114 valence electrons. The zero-order chi connectivity index (χ0) is 15.6. The van der Waals surface area contributed by atoms with Crippen molar-refractivity contribution in [3.05, 3.63) is 29.8 Å². The predicted octanol–water partition coefficient (Wildman–Crippen LogP) is 0.948. The number of aliphatic hydroxyl groups is 1. The summed E-state index contributed by atoms with van der Waals surface area (Å²) in [5, 5.41) is 18.6. The zero-order valence-corrected chi connectivity index (χ0v) is 10.8. The van der Waals surface area contributed by atoms with Gasteiger partial charge < -0.3 is 19.8 Å². The number of carbonyl (C=O) groups excluding carboxylic acids is 1. The molecule has 1 amide bonds. The van der Waals surface area contributed by atoms with Crippen LogP contribution in [0.4, 0.5) is 8.78 Å². The third kappa shape index (κ3) is 3.27. The van der Waals surface area contributed by atoms with Gasteiger partial charge in [0.15, 0.2) is 0 Å². The summed E-state index contributed by atoms with van der Waals surface area (Å²) < 4.78 is 28.9. The lowest BCUT2D eigenvalue weighted by Gasteiger charge is -2.22. The van der Waals surface area contributed by atoms with Crippen molar-refractivity contribution in [2.75, 3.05) is 6.54 Å². The number of rotatable bonds is 4. The van der Waals surface area contributed by atoms with Crippen LogP contribution >= 0.6 is 0 Å². The first-order chi connectivity index (χ1) is 9.90. The van der Waals surface area contributed by atoms with E-state index < -0.39 is 30.6 Å². The van der Waals surface area contributed by atoms with Crippen molar-refractivity contribution < 1.29 is 33.3 Å². The van der Waals surface area contributed by atoms with Crippen LogP contribution < -0.4 is 4.74 Å². The van der Waals surface area contributed by atoms with Crippen LogP contribution in [-0.2, 0) is 4.79 Å². The molecule has 2 unspecified atom stereocenters. The molecule has 0 radical (unpaired) electrons. The number of nitrogens with zero attached hydrogens (tertiary/aromatic N) is 1. The van der Waals surface area contributed by atoms with E-state index in [1.807, 2.05) is 0 Å². The molecule has 1 aliphatic rings. The first-order valence-electron chi connectivity index (χ1n) is 6.16. The van der Waals surface area contributed by atoms with Gasteiger partial charge in [-0.25, -0.2) is 4.79 Å². The lowest BCUT2D eigenvalue weighted by atomic mass is 10.1. The highest BCUT2D eigenvalue weighted by Crippen LogP contribution is 2.26. The lowest BCUT2D eigenvalue weighted by Crippen LogP contribution is -2.40. The number of aliphatic hydroxyl groups excluding tert-OH is 1. The van der Waals surface area contributed by atoms with Gasteiger partial charge in [0.1, 0.15) is 11.8 Å². The van der Waals surface area contributed by atoms with Gasteiger partial charge >= 0.3 is 12.6 Å². The van der Waals surface area contributed by atoms with E-state index in [0.29, 0.717) is 0 Å². The monoisotopic (exact) mass is 301 g/mol. The summed E-state index contributed by atoms with van der Waals surface area (Å²) in [6, 6.07) is 4.15. The van der Waals surface area contributed by atoms with Crippen molar-refractivity contribution in [3.8, 4) is 5.75 Å². The van der Waals surface area contributed by atoms with Crippen molar-refractivity contribution >= 4 is 11.9 Å². The minimum Gasteiger partial charge on any atom is -0.480 e. The number of hydrogen-bond donors (Lipinski definition) is 2. The number of halogens is 2. The fourth-order valence-corrected chi connectivity index (χ4v) is 2.27. The second-order valence-corrected chi connectivity index (χ2v) is 4.58. The van der Waals surface area contributed by atoms with E-state index in [9.17, 15) is 23.5 Å². The van der Waals surface area contributed by atoms with Crippen LogP contribution in [0.15, 0.2) is 24.3 Å². The smallest absolute Gasteiger partial charge is 0.387 e. The van der Waals surface area contributed by atoms with Gasteiger partial charge in [-0.15, -0.1) is 0 Å². The molecule has 1 aliphatic heterocycles. The van der Waals surface area contributed by atoms with E-state index in [-0.39, 0.29) is 24.3 Å². The molecule has 0 spiro atoms. The number of β-amino-alcohol motifs (C(OH)–C–C–N with tert-alkyl or cyclic N) is 1. The number of carboxylic acids is 1. The number of carbonyl (C=O) groups is 2. The molecule has 2 N–H and O–H groups in total. The van der Waals surface area contributed by atoms with E-state index in [2.05, 4.69) is 4.74 Å². The molecule has 1 aromatic carbocycles. The molecule has 8 heteroatoms. The van der Waals surface area contributed by atoms with Crippen molar-refractivity contribution in [1.29, 1.82) is 0 Å². The summed E-state index contributed by atoms with van der Waals surface area (Å²) in [6.45, 7) is -3.27. The van der Waals surface area contributed by atoms with Crippen LogP contribution in [0.5, 0.6) is 5.75 Å². The maximum atomic E-state index is 12.3. The summed E-state index contributed by atoms with van der Waals surface area (Å²) in [5.74, 6) is -2.36. The molecule has 0 aliphatic carbocycles. The fourth-order valence-electron chi connectivity index (χ4n) is 2.27. The molecule has 1 heterocycles. The summed E-state index contributed by atoms with van der Waals surface area (Å²) in [7, 11) is 0. The molecule has 21 heavy (non-hydrogen) atoms. The second kappa shape index (κ2) is 6.04. The Labute approximate surface area is 118 Å². The Hall–Kier alpha value is -2.22. The molecule has 2 atom stereocenters. The van der Waals surface area contributed by atoms with E-state index in [0.717, 1.165) is 4.90 Å². The summed E-state index contributed by atoms with van der Waals surface area (Å²) >= 11 is 0. The highest BCUT2D eigenvalue weighted by molar-refractivity contribution is 5.99. The second-order valence-electron chi connectivity index (χ2n) is 4.58. The largest absolute Gasteiger partial charge is 0.480 e. The van der Waals surface area contributed by atoms with Gasteiger partial charge in [0.05, 0.1) is 11.7 Å². The number of likely N-dealkylation sites (tertiary alicyclic amines) is 1. The molecule has 0 saturated carbocycles. The van der Waals surface area contributed by atoms with Gasteiger partial charge in [-0.3, -0.25) is 4.79 Å². The highest BCUT2D eigenvalue weighted by Gasteiger charge is 2.40. The Balaban J connectivity index is 2.29. The zero-order valence-electron chi connectivity index (χ0n) is 10.8.